The predicted octanol–water partition coefficient (Wildman–Crippen LogP) is 5.49. The number of likely N-dealkylation sites (N-methyl/N-ethyl adjacent to an activating group) is 2. The van der Waals surface area contributed by atoms with Gasteiger partial charge in [-0.3, -0.25) is 4.79 Å². The summed E-state index contributed by atoms with van der Waals surface area (Å²) in [4.78, 5) is 26.5. The van der Waals surface area contributed by atoms with E-state index in [4.69, 9.17) is 4.74 Å². The summed E-state index contributed by atoms with van der Waals surface area (Å²) >= 11 is 0. The maximum absolute atomic E-state index is 15.3. The van der Waals surface area contributed by atoms with Gasteiger partial charge >= 0.3 is 6.18 Å². The van der Waals surface area contributed by atoms with E-state index in [-0.39, 0.29) is 23.1 Å². The molecular weight excluding hydrogens is 530 g/mol. The maximum Gasteiger partial charge on any atom is 0.419 e. The fourth-order valence-corrected chi connectivity index (χ4v) is 4.20. The molecule has 0 unspecified atom stereocenters. The van der Waals surface area contributed by atoms with Gasteiger partial charge in [-0.1, -0.05) is 12.1 Å². The minimum Gasteiger partial charge on any atom is -0.495 e. The Balaban J connectivity index is 1.77. The molecule has 2 heterocycles. The van der Waals surface area contributed by atoms with Crippen molar-refractivity contribution in [1.29, 1.82) is 0 Å². The van der Waals surface area contributed by atoms with Gasteiger partial charge in [-0.05, 0) is 26.2 Å². The molecule has 0 aliphatic carbocycles. The van der Waals surface area contributed by atoms with Crippen LogP contribution in [-0.2, 0) is 11.0 Å². The number of alkyl halides is 3. The van der Waals surface area contributed by atoms with Gasteiger partial charge in [0, 0.05) is 56.5 Å². The third kappa shape index (κ3) is 6.09. The highest BCUT2D eigenvalue weighted by Crippen LogP contribution is 2.40. The van der Waals surface area contributed by atoms with Gasteiger partial charge < -0.3 is 30.2 Å². The van der Waals surface area contributed by atoms with E-state index < -0.39 is 23.3 Å². The third-order valence-corrected chi connectivity index (χ3v) is 6.18. The van der Waals surface area contributed by atoms with Gasteiger partial charge in [0.2, 0.25) is 11.9 Å². The number of hydrogen-bond donors (Lipinski definition) is 3. The number of aromatic nitrogens is 3. The Morgan fingerprint density at radius 3 is 2.52 bits per heavy atom. The predicted molar refractivity (Wildman–Crippen MR) is 147 cm³/mol. The first-order valence-electron chi connectivity index (χ1n) is 12.2. The molecule has 2 aromatic heterocycles. The molecule has 40 heavy (non-hydrogen) atoms. The molecule has 4 aromatic rings. The second-order valence-electron chi connectivity index (χ2n) is 9.42. The lowest BCUT2D eigenvalue weighted by molar-refractivity contribution is -0.137. The quantitative estimate of drug-likeness (QED) is 0.233. The highest BCUT2D eigenvalue weighted by Gasteiger charge is 2.36. The van der Waals surface area contributed by atoms with E-state index in [0.717, 1.165) is 0 Å². The Morgan fingerprint density at radius 2 is 1.88 bits per heavy atom. The number of para-hydroxylation sites is 1. The van der Waals surface area contributed by atoms with Gasteiger partial charge in [0.05, 0.1) is 35.4 Å². The molecule has 0 fully saturated rings. The summed E-state index contributed by atoms with van der Waals surface area (Å²) in [6.07, 6.45) is -2.69. The number of rotatable bonds is 9. The Labute approximate surface area is 228 Å². The number of methoxy groups -OCH3 is 1. The summed E-state index contributed by atoms with van der Waals surface area (Å²) in [6.45, 7) is 2.55. The molecule has 0 spiro atoms. The second-order valence-corrected chi connectivity index (χ2v) is 9.42. The minimum atomic E-state index is -4.75. The molecule has 0 atom stereocenters. The number of amides is 1. The normalized spacial score (nSPS) is 11.7. The van der Waals surface area contributed by atoms with Crippen molar-refractivity contribution in [3.8, 4) is 17.0 Å². The second kappa shape index (κ2) is 11.4. The van der Waals surface area contributed by atoms with E-state index in [1.807, 2.05) is 19.0 Å². The van der Waals surface area contributed by atoms with E-state index >= 15 is 4.39 Å². The number of hydrogen-bond acceptors (Lipinski definition) is 7. The summed E-state index contributed by atoms with van der Waals surface area (Å²) in [6, 6.07) is 7.57. The molecule has 0 aliphatic rings. The van der Waals surface area contributed by atoms with Gasteiger partial charge in [0.1, 0.15) is 17.1 Å². The number of ether oxygens (including phenoxy) is 1. The number of nitrogens with one attached hydrogen (secondary N) is 3. The number of anilines is 4. The molecule has 0 bridgehead atoms. The van der Waals surface area contributed by atoms with Crippen LogP contribution in [0.2, 0.25) is 0 Å². The number of carbonyl (C=O) groups excluding carboxylic acids is 1. The smallest absolute Gasteiger partial charge is 0.419 e. The zero-order valence-corrected chi connectivity index (χ0v) is 22.6. The SMILES string of the molecule is COc1cccc2c(-c3nc(Nc4cc(NC(C)=O)c(N(C)CCN(C)C)cc4F)ncc3C(F)(F)F)c[nH]c12. The molecular formula is C27H29F4N7O2. The molecule has 212 valence electrons. The van der Waals surface area contributed by atoms with Crippen LogP contribution in [0.1, 0.15) is 12.5 Å². The molecule has 2 aromatic carbocycles. The first-order chi connectivity index (χ1) is 18.9. The van der Waals surface area contributed by atoms with Crippen LogP contribution in [0.5, 0.6) is 5.75 Å². The lowest BCUT2D eigenvalue weighted by Gasteiger charge is -2.25. The van der Waals surface area contributed by atoms with Crippen LogP contribution in [0.4, 0.5) is 40.6 Å². The lowest BCUT2D eigenvalue weighted by Crippen LogP contribution is -2.29. The number of benzene rings is 2. The standard InChI is InChI=1S/C27H29F4N7O2/c1-15(39)34-21-12-20(19(28)11-22(21)38(4)10-9-37(2)3)35-26-33-14-18(27(29,30)31)24(36-26)17-13-32-25-16(17)7-6-8-23(25)40-5/h6-8,11-14,32H,9-10H2,1-5H3,(H,34,39)(H,33,35,36). The summed E-state index contributed by atoms with van der Waals surface area (Å²) < 4.78 is 62.5. The number of H-pyrrole nitrogens is 1. The Kier molecular flexibility index (Phi) is 8.14. The van der Waals surface area contributed by atoms with Gasteiger partial charge in [0.15, 0.2) is 0 Å². The third-order valence-electron chi connectivity index (χ3n) is 6.18. The molecule has 0 saturated heterocycles. The molecule has 9 nitrogen and oxygen atoms in total. The summed E-state index contributed by atoms with van der Waals surface area (Å²) in [7, 11) is 7.03. The highest BCUT2D eigenvalue weighted by atomic mass is 19.4. The van der Waals surface area contributed by atoms with Gasteiger partial charge in [-0.25, -0.2) is 14.4 Å². The van der Waals surface area contributed by atoms with Crippen LogP contribution in [0.25, 0.3) is 22.2 Å². The number of nitrogens with zero attached hydrogens (tertiary/aromatic N) is 4. The van der Waals surface area contributed by atoms with Crippen molar-refractivity contribution in [2.24, 2.45) is 0 Å². The first kappa shape index (κ1) is 28.6. The van der Waals surface area contributed by atoms with E-state index in [1.54, 1.807) is 30.1 Å². The van der Waals surface area contributed by atoms with E-state index in [1.165, 1.54) is 32.4 Å². The van der Waals surface area contributed by atoms with Crippen molar-refractivity contribution < 1.29 is 27.1 Å². The number of aromatic amines is 1. The molecule has 1 amide bonds. The fourth-order valence-electron chi connectivity index (χ4n) is 4.20. The van der Waals surface area contributed by atoms with Crippen molar-refractivity contribution in [3.05, 3.63) is 54.1 Å². The van der Waals surface area contributed by atoms with Gasteiger partial charge in [0.25, 0.3) is 0 Å². The monoisotopic (exact) mass is 559 g/mol. The molecule has 4 rings (SSSR count). The van der Waals surface area contributed by atoms with Crippen LogP contribution >= 0.6 is 0 Å². The van der Waals surface area contributed by atoms with E-state index in [9.17, 15) is 18.0 Å². The fraction of sp³-hybridized carbons (Fsp3) is 0.296. The molecule has 0 saturated carbocycles. The lowest BCUT2D eigenvalue weighted by atomic mass is 10.1. The van der Waals surface area contributed by atoms with Crippen molar-refractivity contribution in [2.45, 2.75) is 13.1 Å². The summed E-state index contributed by atoms with van der Waals surface area (Å²) in [5.41, 5.74) is -0.161. The van der Waals surface area contributed by atoms with E-state index in [0.29, 0.717) is 47.3 Å². The summed E-state index contributed by atoms with van der Waals surface area (Å²) in [5, 5.41) is 5.82. The molecule has 0 radical (unpaired) electrons. The number of fused-ring (bicyclic) bond motifs is 1. The first-order valence-corrected chi connectivity index (χ1v) is 12.2. The van der Waals surface area contributed by atoms with Crippen molar-refractivity contribution in [3.63, 3.8) is 0 Å². The summed E-state index contributed by atoms with van der Waals surface area (Å²) in [5.74, 6) is -0.889. The average molecular weight is 560 g/mol. The van der Waals surface area contributed by atoms with Gasteiger partial charge in [-0.2, -0.15) is 13.2 Å². The van der Waals surface area contributed by atoms with Crippen LogP contribution in [0.15, 0.2) is 42.7 Å². The van der Waals surface area contributed by atoms with Crippen LogP contribution in [0, 0.1) is 5.82 Å². The largest absolute Gasteiger partial charge is 0.495 e. The van der Waals surface area contributed by atoms with Crippen LogP contribution < -0.4 is 20.3 Å². The molecule has 13 heteroatoms. The number of carbonyl (C=O) groups is 1. The van der Waals surface area contributed by atoms with Crippen molar-refractivity contribution in [1.82, 2.24) is 19.9 Å². The molecule has 0 aliphatic heterocycles. The Morgan fingerprint density at radius 1 is 1.12 bits per heavy atom. The van der Waals surface area contributed by atoms with E-state index in [2.05, 4.69) is 25.6 Å². The maximum atomic E-state index is 15.3. The molecule has 3 N–H and O–H groups in total. The zero-order valence-electron chi connectivity index (χ0n) is 22.6. The highest BCUT2D eigenvalue weighted by molar-refractivity contribution is 5.98. The van der Waals surface area contributed by atoms with Crippen molar-refractivity contribution in [2.75, 3.05) is 56.9 Å². The van der Waals surface area contributed by atoms with Crippen LogP contribution in [-0.4, -0.2) is 67.1 Å². The van der Waals surface area contributed by atoms with Crippen molar-refractivity contribution >= 4 is 39.8 Å². The minimum absolute atomic E-state index is 0.125. The Bertz CT molecular complexity index is 1540. The topological polar surface area (TPSA) is 98.4 Å². The zero-order chi connectivity index (χ0) is 29.2. The Hall–Kier alpha value is -4.39. The van der Waals surface area contributed by atoms with Gasteiger partial charge in [-0.15, -0.1) is 0 Å². The number of halogens is 4. The average Bonchev–Trinajstić information content (AvgIpc) is 3.32. The van der Waals surface area contributed by atoms with Crippen LogP contribution in [0.3, 0.4) is 0 Å².